The maximum absolute atomic E-state index is 12.9. The minimum Gasteiger partial charge on any atom is -0.454 e. The Hall–Kier alpha value is -3.27. The molecule has 0 bridgehead atoms. The predicted molar refractivity (Wildman–Crippen MR) is 109 cm³/mol. The van der Waals surface area contributed by atoms with E-state index in [4.69, 9.17) is 9.47 Å². The molecule has 1 fully saturated rings. The SMILES string of the molecule is O=C(NCCN1CCN(C(=O)c2cccc(C(F)(F)F)c2)CC1)c1ccc2c(c1)OCO2. The summed E-state index contributed by atoms with van der Waals surface area (Å²) < 4.78 is 49.2. The van der Waals surface area contributed by atoms with Gasteiger partial charge in [0.2, 0.25) is 6.79 Å². The van der Waals surface area contributed by atoms with Crippen molar-refractivity contribution in [2.24, 2.45) is 0 Å². The van der Waals surface area contributed by atoms with Crippen molar-refractivity contribution in [3.63, 3.8) is 0 Å². The van der Waals surface area contributed by atoms with Gasteiger partial charge in [0.05, 0.1) is 5.56 Å². The first-order valence-electron chi connectivity index (χ1n) is 10.2. The van der Waals surface area contributed by atoms with Crippen LogP contribution in [-0.2, 0) is 6.18 Å². The Bertz CT molecular complexity index is 1000. The summed E-state index contributed by atoms with van der Waals surface area (Å²) in [6, 6.07) is 9.48. The van der Waals surface area contributed by atoms with E-state index < -0.39 is 17.6 Å². The van der Waals surface area contributed by atoms with E-state index in [1.807, 2.05) is 0 Å². The summed E-state index contributed by atoms with van der Waals surface area (Å²) in [6.45, 7) is 3.13. The molecule has 7 nitrogen and oxygen atoms in total. The zero-order valence-electron chi connectivity index (χ0n) is 17.2. The number of amides is 2. The van der Waals surface area contributed by atoms with Gasteiger partial charge >= 0.3 is 6.18 Å². The van der Waals surface area contributed by atoms with E-state index in [-0.39, 0.29) is 18.3 Å². The lowest BCUT2D eigenvalue weighted by molar-refractivity contribution is -0.137. The first-order chi connectivity index (χ1) is 15.3. The fraction of sp³-hybridized carbons (Fsp3) is 0.364. The van der Waals surface area contributed by atoms with Gasteiger partial charge in [-0.1, -0.05) is 6.07 Å². The van der Waals surface area contributed by atoms with Crippen LogP contribution in [0.25, 0.3) is 0 Å². The first-order valence-corrected chi connectivity index (χ1v) is 10.2. The molecule has 2 aromatic rings. The Kier molecular flexibility index (Phi) is 6.22. The lowest BCUT2D eigenvalue weighted by Gasteiger charge is -2.34. The van der Waals surface area contributed by atoms with E-state index >= 15 is 0 Å². The largest absolute Gasteiger partial charge is 0.454 e. The normalized spacial score (nSPS) is 16.2. The van der Waals surface area contributed by atoms with E-state index in [9.17, 15) is 22.8 Å². The second-order valence-corrected chi connectivity index (χ2v) is 7.54. The van der Waals surface area contributed by atoms with E-state index in [0.717, 1.165) is 12.1 Å². The number of carbonyl (C=O) groups is 2. The van der Waals surface area contributed by atoms with Crippen LogP contribution in [-0.4, -0.2) is 67.7 Å². The summed E-state index contributed by atoms with van der Waals surface area (Å²) >= 11 is 0. The van der Waals surface area contributed by atoms with Gasteiger partial charge in [0.15, 0.2) is 11.5 Å². The number of hydrogen-bond donors (Lipinski definition) is 1. The molecule has 10 heteroatoms. The number of benzene rings is 2. The summed E-state index contributed by atoms with van der Waals surface area (Å²) in [5.74, 6) is 0.520. The van der Waals surface area contributed by atoms with Crippen molar-refractivity contribution >= 4 is 11.8 Å². The van der Waals surface area contributed by atoms with Gasteiger partial charge < -0.3 is 19.7 Å². The molecule has 2 aliphatic heterocycles. The summed E-state index contributed by atoms with van der Waals surface area (Å²) in [7, 11) is 0. The number of hydrogen-bond acceptors (Lipinski definition) is 5. The summed E-state index contributed by atoms with van der Waals surface area (Å²) in [6.07, 6.45) is -4.49. The minimum atomic E-state index is -4.49. The molecule has 2 aliphatic rings. The molecular weight excluding hydrogens is 427 g/mol. The number of nitrogens with one attached hydrogen (secondary N) is 1. The van der Waals surface area contributed by atoms with Gasteiger partial charge in [0, 0.05) is 50.4 Å². The third-order valence-electron chi connectivity index (χ3n) is 5.44. The highest BCUT2D eigenvalue weighted by molar-refractivity contribution is 5.95. The van der Waals surface area contributed by atoms with E-state index in [0.29, 0.717) is 56.3 Å². The summed E-state index contributed by atoms with van der Waals surface area (Å²) in [4.78, 5) is 28.6. The topological polar surface area (TPSA) is 71.1 Å². The maximum atomic E-state index is 12.9. The number of halogens is 3. The molecule has 0 aromatic heterocycles. The second kappa shape index (κ2) is 9.07. The van der Waals surface area contributed by atoms with Crippen LogP contribution in [0, 0.1) is 0 Å². The Morgan fingerprint density at radius 3 is 2.44 bits per heavy atom. The average Bonchev–Trinajstić information content (AvgIpc) is 3.26. The Morgan fingerprint density at radius 1 is 0.938 bits per heavy atom. The van der Waals surface area contributed by atoms with Gasteiger partial charge in [0.1, 0.15) is 0 Å². The number of rotatable bonds is 5. The highest BCUT2D eigenvalue weighted by Crippen LogP contribution is 2.32. The molecule has 1 saturated heterocycles. The van der Waals surface area contributed by atoms with Crippen LogP contribution in [0.1, 0.15) is 26.3 Å². The van der Waals surface area contributed by atoms with Crippen LogP contribution in [0.3, 0.4) is 0 Å². The summed E-state index contributed by atoms with van der Waals surface area (Å²) in [5.41, 5.74) is -0.324. The van der Waals surface area contributed by atoms with Gasteiger partial charge in [-0.15, -0.1) is 0 Å². The van der Waals surface area contributed by atoms with Crippen molar-refractivity contribution in [1.29, 1.82) is 0 Å². The van der Waals surface area contributed by atoms with E-state index in [2.05, 4.69) is 10.2 Å². The minimum absolute atomic E-state index is 0.0317. The number of nitrogens with zero attached hydrogens (tertiary/aromatic N) is 2. The average molecular weight is 449 g/mol. The molecule has 2 aromatic carbocycles. The third kappa shape index (κ3) is 4.96. The molecule has 0 radical (unpaired) electrons. The third-order valence-corrected chi connectivity index (χ3v) is 5.44. The van der Waals surface area contributed by atoms with Crippen molar-refractivity contribution < 1.29 is 32.2 Å². The maximum Gasteiger partial charge on any atom is 0.416 e. The van der Waals surface area contributed by atoms with E-state index in [1.54, 1.807) is 23.1 Å². The molecule has 0 aliphatic carbocycles. The molecule has 0 unspecified atom stereocenters. The number of carbonyl (C=O) groups excluding carboxylic acids is 2. The highest BCUT2D eigenvalue weighted by Gasteiger charge is 2.31. The quantitative estimate of drug-likeness (QED) is 0.760. The molecule has 2 amide bonds. The zero-order chi connectivity index (χ0) is 22.7. The van der Waals surface area contributed by atoms with Crippen LogP contribution in [0.2, 0.25) is 0 Å². The van der Waals surface area contributed by atoms with Crippen LogP contribution >= 0.6 is 0 Å². The highest BCUT2D eigenvalue weighted by atomic mass is 19.4. The number of fused-ring (bicyclic) bond motifs is 1. The molecule has 4 rings (SSSR count). The van der Waals surface area contributed by atoms with Crippen molar-refractivity contribution in [1.82, 2.24) is 15.1 Å². The van der Waals surface area contributed by atoms with Crippen LogP contribution in [0.15, 0.2) is 42.5 Å². The Morgan fingerprint density at radius 2 is 1.69 bits per heavy atom. The monoisotopic (exact) mass is 449 g/mol. The first kappa shape index (κ1) is 21.9. The molecule has 2 heterocycles. The molecule has 0 saturated carbocycles. The fourth-order valence-corrected chi connectivity index (χ4v) is 3.65. The fourth-order valence-electron chi connectivity index (χ4n) is 3.65. The lowest BCUT2D eigenvalue weighted by Crippen LogP contribution is -2.50. The van der Waals surface area contributed by atoms with Crippen molar-refractivity contribution in [2.75, 3.05) is 46.1 Å². The van der Waals surface area contributed by atoms with Crippen LogP contribution < -0.4 is 14.8 Å². The standard InChI is InChI=1S/C22H22F3N3O4/c23-22(24,25)17-3-1-2-16(12-17)21(30)28-10-8-27(9-11-28)7-6-26-20(29)15-4-5-18-19(13-15)32-14-31-18/h1-5,12-13H,6-11,14H2,(H,26,29). The van der Waals surface area contributed by atoms with Gasteiger partial charge in [-0.3, -0.25) is 14.5 Å². The molecule has 0 atom stereocenters. The van der Waals surface area contributed by atoms with Crippen LogP contribution in [0.5, 0.6) is 11.5 Å². The number of ether oxygens (including phenoxy) is 2. The van der Waals surface area contributed by atoms with Crippen LogP contribution in [0.4, 0.5) is 13.2 Å². The zero-order valence-corrected chi connectivity index (χ0v) is 17.2. The Balaban J connectivity index is 1.23. The second-order valence-electron chi connectivity index (χ2n) is 7.54. The number of piperazine rings is 1. The van der Waals surface area contributed by atoms with Gasteiger partial charge in [-0.25, -0.2) is 0 Å². The van der Waals surface area contributed by atoms with Gasteiger partial charge in [0.25, 0.3) is 11.8 Å². The Labute approximate surface area is 182 Å². The number of alkyl halides is 3. The van der Waals surface area contributed by atoms with Crippen molar-refractivity contribution in [3.8, 4) is 11.5 Å². The smallest absolute Gasteiger partial charge is 0.416 e. The van der Waals surface area contributed by atoms with Crippen molar-refractivity contribution in [2.45, 2.75) is 6.18 Å². The lowest BCUT2D eigenvalue weighted by atomic mass is 10.1. The van der Waals surface area contributed by atoms with Crippen molar-refractivity contribution in [3.05, 3.63) is 59.2 Å². The van der Waals surface area contributed by atoms with E-state index in [1.165, 1.54) is 12.1 Å². The summed E-state index contributed by atoms with van der Waals surface area (Å²) in [5, 5.41) is 2.85. The molecule has 32 heavy (non-hydrogen) atoms. The van der Waals surface area contributed by atoms with Gasteiger partial charge in [-0.2, -0.15) is 13.2 Å². The predicted octanol–water partition coefficient (Wildman–Crippen LogP) is 2.62. The molecule has 170 valence electrons. The molecule has 0 spiro atoms. The molecule has 1 N–H and O–H groups in total. The van der Waals surface area contributed by atoms with Gasteiger partial charge in [-0.05, 0) is 36.4 Å². The molecular formula is C22H22F3N3O4.